The summed E-state index contributed by atoms with van der Waals surface area (Å²) in [5, 5.41) is 3.50. The summed E-state index contributed by atoms with van der Waals surface area (Å²) in [7, 11) is 3.50. The first-order chi connectivity index (χ1) is 2.41. The monoisotopic (exact) mass is 166 g/mol. The predicted molar refractivity (Wildman–Crippen MR) is 23.6 cm³/mol. The Morgan fingerprint density at radius 2 is 1.17 bits per heavy atom. The molecule has 0 aromatic heterocycles. The van der Waals surface area contributed by atoms with E-state index < -0.39 is 0 Å². The fourth-order valence-electron chi connectivity index (χ4n) is 0. The molecule has 0 radical (unpaired) electrons. The molecule has 0 aromatic rings. The summed E-state index contributed by atoms with van der Waals surface area (Å²) in [6.07, 6.45) is 0. The van der Waals surface area contributed by atoms with E-state index >= 15 is 0 Å². The minimum absolute atomic E-state index is 0. The molecule has 38 valence electrons. The van der Waals surface area contributed by atoms with E-state index in [4.69, 9.17) is 0 Å². The Balaban J connectivity index is -0.0000000275. The minimum Gasteiger partial charge on any atom is -0.668 e. The van der Waals surface area contributed by atoms with Gasteiger partial charge in [-0.15, -0.1) is 0 Å². The Kier molecular flexibility index (Phi) is 111. The van der Waals surface area contributed by atoms with E-state index in [0.29, 0.717) is 0 Å². The molecule has 0 rings (SSSR count). The molecule has 0 bridgehead atoms. The van der Waals surface area contributed by atoms with Crippen molar-refractivity contribution in [2.24, 2.45) is 11.7 Å². The van der Waals surface area contributed by atoms with E-state index in [1.54, 1.807) is 14.1 Å². The molecule has 0 fully saturated rings. The molecule has 0 aromatic carbocycles. The summed E-state index contributed by atoms with van der Waals surface area (Å²) in [4.78, 5) is 0. The minimum atomic E-state index is 0. The molecule has 0 spiro atoms. The van der Waals surface area contributed by atoms with Crippen LogP contribution >= 0.6 is 0 Å². The number of hydrazine groups is 1. The van der Waals surface area contributed by atoms with Gasteiger partial charge in [0.05, 0.1) is 0 Å². The molecule has 0 amide bonds. The van der Waals surface area contributed by atoms with Crippen molar-refractivity contribution in [3.8, 4) is 0 Å². The Labute approximate surface area is 57.6 Å². The maximum absolute atomic E-state index is 4.00. The van der Waals surface area contributed by atoms with Crippen LogP contribution in [0.25, 0.3) is 5.32 Å². The molecule has 0 heterocycles. The van der Waals surface area contributed by atoms with E-state index in [1.165, 1.54) is 0 Å². The molecular formula is C2H10N3Zr-. The second-order valence-corrected chi connectivity index (χ2v) is 0.447. The van der Waals surface area contributed by atoms with Crippen LogP contribution in [-0.2, 0) is 26.2 Å². The Hall–Kier alpha value is 0.763. The van der Waals surface area contributed by atoms with Crippen molar-refractivity contribution in [2.45, 2.75) is 0 Å². The predicted octanol–water partition coefficient (Wildman–Crippen LogP) is -0.564. The van der Waals surface area contributed by atoms with Crippen LogP contribution in [-0.4, -0.2) is 14.1 Å². The molecule has 0 saturated heterocycles. The van der Waals surface area contributed by atoms with Crippen LogP contribution < -0.4 is 11.7 Å². The first-order valence-electron chi connectivity index (χ1n) is 1.23. The maximum Gasteiger partial charge on any atom is 0 e. The number of hydrogen-bond acceptors (Lipinski definition) is 2. The Morgan fingerprint density at radius 3 is 1.17 bits per heavy atom. The van der Waals surface area contributed by atoms with Crippen LogP contribution in [0.3, 0.4) is 0 Å². The first kappa shape index (κ1) is 15.9. The Bertz CT molecular complexity index is 8.75. The third kappa shape index (κ3) is 116. The number of hydrogen-bond donors (Lipinski definition) is 2. The van der Waals surface area contributed by atoms with Crippen molar-refractivity contribution >= 4 is 0 Å². The summed E-state index contributed by atoms with van der Waals surface area (Å²) in [6.45, 7) is 0. The van der Waals surface area contributed by atoms with Crippen LogP contribution in [0.1, 0.15) is 0 Å². The molecule has 4 heteroatoms. The van der Waals surface area contributed by atoms with Gasteiger partial charge in [0.1, 0.15) is 0 Å². The number of nitrogens with two attached hydrogens (primary N) is 2. The summed E-state index contributed by atoms with van der Waals surface area (Å²) >= 11 is 0. The van der Waals surface area contributed by atoms with Gasteiger partial charge in [-0.1, -0.05) is 0 Å². The van der Waals surface area contributed by atoms with Crippen molar-refractivity contribution in [1.29, 1.82) is 0 Å². The van der Waals surface area contributed by atoms with Crippen molar-refractivity contribution in [3.63, 3.8) is 0 Å². The fourth-order valence-corrected chi connectivity index (χ4v) is 0. The zero-order chi connectivity index (χ0) is 4.71. The summed E-state index contributed by atoms with van der Waals surface area (Å²) in [6, 6.07) is 0. The average Bonchev–Trinajstić information content (AvgIpc) is 1.46. The third-order valence-electron chi connectivity index (χ3n) is 0. The van der Waals surface area contributed by atoms with Gasteiger partial charge in [-0.2, -0.15) is 14.1 Å². The van der Waals surface area contributed by atoms with Gasteiger partial charge in [0, 0.05) is 26.2 Å². The molecular weight excluding hydrogens is 157 g/mol. The van der Waals surface area contributed by atoms with Crippen molar-refractivity contribution in [3.05, 3.63) is 5.32 Å². The SMILES string of the molecule is C[N-]C.NN.[Zr]. The molecule has 0 aliphatic heterocycles. The molecule has 4 N–H and O–H groups in total. The van der Waals surface area contributed by atoms with Crippen molar-refractivity contribution < 1.29 is 26.2 Å². The molecule has 6 heavy (non-hydrogen) atoms. The molecule has 3 nitrogen and oxygen atoms in total. The molecule has 0 aliphatic rings. The quantitative estimate of drug-likeness (QED) is 0.375. The van der Waals surface area contributed by atoms with E-state index in [9.17, 15) is 0 Å². The maximum atomic E-state index is 4.00. The van der Waals surface area contributed by atoms with E-state index in [2.05, 4.69) is 17.0 Å². The first-order valence-corrected chi connectivity index (χ1v) is 1.23. The average molecular weight is 167 g/mol. The van der Waals surface area contributed by atoms with E-state index in [1.807, 2.05) is 0 Å². The van der Waals surface area contributed by atoms with E-state index in [-0.39, 0.29) is 26.2 Å². The van der Waals surface area contributed by atoms with Gasteiger partial charge in [0.15, 0.2) is 0 Å². The summed E-state index contributed by atoms with van der Waals surface area (Å²) < 4.78 is 0. The van der Waals surface area contributed by atoms with Gasteiger partial charge >= 0.3 is 0 Å². The van der Waals surface area contributed by atoms with Crippen LogP contribution in [0.4, 0.5) is 0 Å². The van der Waals surface area contributed by atoms with Crippen LogP contribution in [0.15, 0.2) is 0 Å². The van der Waals surface area contributed by atoms with Gasteiger partial charge in [0.2, 0.25) is 0 Å². The van der Waals surface area contributed by atoms with Crippen molar-refractivity contribution in [2.75, 3.05) is 14.1 Å². The van der Waals surface area contributed by atoms with Crippen LogP contribution in [0.5, 0.6) is 0 Å². The van der Waals surface area contributed by atoms with Crippen LogP contribution in [0, 0.1) is 0 Å². The largest absolute Gasteiger partial charge is 0.668 e. The zero-order valence-corrected chi connectivity index (χ0v) is 6.56. The van der Waals surface area contributed by atoms with E-state index in [0.717, 1.165) is 0 Å². The second kappa shape index (κ2) is 42.1. The molecule has 0 saturated carbocycles. The van der Waals surface area contributed by atoms with Gasteiger partial charge in [-0.25, -0.2) is 0 Å². The molecule has 0 unspecified atom stereocenters. The third-order valence-corrected chi connectivity index (χ3v) is 0. The van der Waals surface area contributed by atoms with Crippen molar-refractivity contribution in [1.82, 2.24) is 0 Å². The van der Waals surface area contributed by atoms with Crippen LogP contribution in [0.2, 0.25) is 0 Å². The normalized spacial score (nSPS) is 4.00. The zero-order valence-electron chi connectivity index (χ0n) is 4.10. The van der Waals surface area contributed by atoms with Gasteiger partial charge in [-0.05, 0) is 0 Å². The second-order valence-electron chi connectivity index (χ2n) is 0.447. The Morgan fingerprint density at radius 1 is 1.17 bits per heavy atom. The smallest absolute Gasteiger partial charge is 0 e. The number of rotatable bonds is 0. The number of nitrogens with zero attached hydrogens (tertiary/aromatic N) is 1. The van der Waals surface area contributed by atoms with Gasteiger partial charge in [-0.3, -0.25) is 11.7 Å². The molecule has 0 atom stereocenters. The summed E-state index contributed by atoms with van der Waals surface area (Å²) in [5.41, 5.74) is 0. The standard InChI is InChI=1S/C2H6N.H4N2.Zr/c1-3-2;1-2;/h1-2H3;1-2H2;/q-1;;. The topological polar surface area (TPSA) is 66.1 Å². The summed E-state index contributed by atoms with van der Waals surface area (Å²) in [5.74, 6) is 8.00. The fraction of sp³-hybridized carbons (Fsp3) is 1.00. The molecule has 0 aliphatic carbocycles. The van der Waals surface area contributed by atoms with Gasteiger partial charge < -0.3 is 5.32 Å². The van der Waals surface area contributed by atoms with Gasteiger partial charge in [0.25, 0.3) is 0 Å².